The van der Waals surface area contributed by atoms with Gasteiger partial charge in [-0.3, -0.25) is 4.79 Å². The molecule has 0 N–H and O–H groups in total. The van der Waals surface area contributed by atoms with Crippen molar-refractivity contribution in [3.05, 3.63) is 51.9 Å². The average Bonchev–Trinajstić information content (AvgIpc) is 2.87. The van der Waals surface area contributed by atoms with Crippen LogP contribution >= 0.6 is 0 Å². The third kappa shape index (κ3) is 3.24. The molecule has 2 rings (SSSR count). The van der Waals surface area contributed by atoms with E-state index in [0.29, 0.717) is 29.0 Å². The SMILES string of the molecule is CCc1noc(C)c1C(=O)OCC(=O)c1cc(C)ccc1C. The van der Waals surface area contributed by atoms with Gasteiger partial charge in [-0.05, 0) is 38.8 Å². The number of hydrogen-bond acceptors (Lipinski definition) is 5. The second kappa shape index (κ2) is 6.56. The van der Waals surface area contributed by atoms with Gasteiger partial charge in [-0.25, -0.2) is 4.79 Å². The molecule has 1 aromatic carbocycles. The average molecular weight is 301 g/mol. The fourth-order valence-electron chi connectivity index (χ4n) is 2.24. The van der Waals surface area contributed by atoms with Gasteiger partial charge < -0.3 is 9.26 Å². The van der Waals surface area contributed by atoms with Crippen LogP contribution in [-0.2, 0) is 11.2 Å². The second-order valence-corrected chi connectivity index (χ2v) is 5.23. The van der Waals surface area contributed by atoms with Crippen LogP contribution in [-0.4, -0.2) is 23.5 Å². The van der Waals surface area contributed by atoms with Crippen LogP contribution in [0.5, 0.6) is 0 Å². The molecule has 5 heteroatoms. The molecule has 5 nitrogen and oxygen atoms in total. The number of ketones is 1. The molecule has 0 spiro atoms. The normalized spacial score (nSPS) is 10.5. The predicted octanol–water partition coefficient (Wildman–Crippen LogP) is 3.20. The molecule has 116 valence electrons. The van der Waals surface area contributed by atoms with Crippen LogP contribution in [0, 0.1) is 20.8 Å². The zero-order valence-corrected chi connectivity index (χ0v) is 13.2. The van der Waals surface area contributed by atoms with Gasteiger partial charge in [-0.2, -0.15) is 0 Å². The van der Waals surface area contributed by atoms with Gasteiger partial charge in [0.15, 0.2) is 6.61 Å². The van der Waals surface area contributed by atoms with Gasteiger partial charge in [-0.1, -0.05) is 29.8 Å². The van der Waals surface area contributed by atoms with Crippen molar-refractivity contribution in [1.29, 1.82) is 0 Å². The summed E-state index contributed by atoms with van der Waals surface area (Å²) < 4.78 is 10.1. The molecule has 1 heterocycles. The Balaban J connectivity index is 2.09. The molecule has 0 bridgehead atoms. The Bertz CT molecular complexity index is 715. The number of nitrogens with zero attached hydrogens (tertiary/aromatic N) is 1. The fraction of sp³-hybridized carbons (Fsp3) is 0.353. The first-order valence-electron chi connectivity index (χ1n) is 7.16. The maximum absolute atomic E-state index is 12.2. The van der Waals surface area contributed by atoms with Crippen LogP contribution in [0.15, 0.2) is 22.7 Å². The molecule has 0 fully saturated rings. The number of hydrogen-bond donors (Lipinski definition) is 0. The lowest BCUT2D eigenvalue weighted by atomic mass is 10.0. The first kappa shape index (κ1) is 15.9. The number of ether oxygens (including phenoxy) is 1. The number of carbonyl (C=O) groups is 2. The van der Waals surface area contributed by atoms with E-state index in [1.54, 1.807) is 13.0 Å². The van der Waals surface area contributed by atoms with Crippen LogP contribution in [0.1, 0.15) is 50.2 Å². The van der Waals surface area contributed by atoms with Crippen LogP contribution in [0.25, 0.3) is 0 Å². The maximum atomic E-state index is 12.2. The van der Waals surface area contributed by atoms with E-state index in [-0.39, 0.29) is 12.4 Å². The Morgan fingerprint density at radius 3 is 2.64 bits per heavy atom. The van der Waals surface area contributed by atoms with E-state index in [4.69, 9.17) is 9.26 Å². The summed E-state index contributed by atoms with van der Waals surface area (Å²) in [7, 11) is 0. The lowest BCUT2D eigenvalue weighted by Crippen LogP contribution is -2.16. The van der Waals surface area contributed by atoms with E-state index in [9.17, 15) is 9.59 Å². The molecular weight excluding hydrogens is 282 g/mol. The number of carbonyl (C=O) groups excluding carboxylic acids is 2. The molecule has 0 aliphatic rings. The summed E-state index contributed by atoms with van der Waals surface area (Å²) in [6.45, 7) is 6.99. The van der Waals surface area contributed by atoms with Crippen molar-refractivity contribution in [3.8, 4) is 0 Å². The van der Waals surface area contributed by atoms with E-state index in [2.05, 4.69) is 5.16 Å². The monoisotopic (exact) mass is 301 g/mol. The Labute approximate surface area is 129 Å². The first-order valence-corrected chi connectivity index (χ1v) is 7.16. The van der Waals surface area contributed by atoms with Gasteiger partial charge in [-0.15, -0.1) is 0 Å². The summed E-state index contributed by atoms with van der Waals surface area (Å²) in [5.41, 5.74) is 3.29. The smallest absolute Gasteiger partial charge is 0.344 e. The van der Waals surface area contributed by atoms with Crippen LogP contribution in [0.2, 0.25) is 0 Å². The van der Waals surface area contributed by atoms with Gasteiger partial charge in [0.1, 0.15) is 11.3 Å². The third-order valence-electron chi connectivity index (χ3n) is 3.50. The fourth-order valence-corrected chi connectivity index (χ4v) is 2.24. The largest absolute Gasteiger partial charge is 0.454 e. The van der Waals surface area contributed by atoms with E-state index in [1.807, 2.05) is 32.9 Å². The van der Waals surface area contributed by atoms with Crippen molar-refractivity contribution < 1.29 is 18.8 Å². The minimum Gasteiger partial charge on any atom is -0.454 e. The summed E-state index contributed by atoms with van der Waals surface area (Å²) in [6.07, 6.45) is 0.562. The number of benzene rings is 1. The number of Topliss-reactive ketones (excluding diaryl/α,β-unsaturated/α-hetero) is 1. The predicted molar refractivity (Wildman–Crippen MR) is 81.1 cm³/mol. The van der Waals surface area contributed by atoms with Crippen LogP contribution in [0.3, 0.4) is 0 Å². The highest BCUT2D eigenvalue weighted by atomic mass is 16.5. The van der Waals surface area contributed by atoms with Crippen molar-refractivity contribution >= 4 is 11.8 Å². The number of aromatic nitrogens is 1. The first-order chi connectivity index (χ1) is 10.4. The van der Waals surface area contributed by atoms with Crippen LogP contribution in [0.4, 0.5) is 0 Å². The number of rotatable bonds is 5. The van der Waals surface area contributed by atoms with Gasteiger partial charge >= 0.3 is 5.97 Å². The van der Waals surface area contributed by atoms with Gasteiger partial charge in [0.2, 0.25) is 5.78 Å². The zero-order chi connectivity index (χ0) is 16.3. The second-order valence-electron chi connectivity index (χ2n) is 5.23. The molecule has 0 aliphatic carbocycles. The van der Waals surface area contributed by atoms with E-state index in [1.165, 1.54) is 0 Å². The zero-order valence-electron chi connectivity index (χ0n) is 13.2. The Kier molecular flexibility index (Phi) is 4.75. The molecular formula is C17H19NO4. The Morgan fingerprint density at radius 2 is 1.95 bits per heavy atom. The Morgan fingerprint density at radius 1 is 1.23 bits per heavy atom. The summed E-state index contributed by atoms with van der Waals surface area (Å²) in [5, 5.41) is 3.81. The topological polar surface area (TPSA) is 69.4 Å². The van der Waals surface area contributed by atoms with Gasteiger partial charge in [0.25, 0.3) is 0 Å². The maximum Gasteiger partial charge on any atom is 0.344 e. The quantitative estimate of drug-likeness (QED) is 0.626. The summed E-state index contributed by atoms with van der Waals surface area (Å²) in [6, 6.07) is 5.61. The third-order valence-corrected chi connectivity index (χ3v) is 3.50. The van der Waals surface area contributed by atoms with Gasteiger partial charge in [0, 0.05) is 5.56 Å². The van der Waals surface area contributed by atoms with Crippen molar-refractivity contribution in [2.45, 2.75) is 34.1 Å². The van der Waals surface area contributed by atoms with Crippen LogP contribution < -0.4 is 0 Å². The van der Waals surface area contributed by atoms with Crippen molar-refractivity contribution in [2.24, 2.45) is 0 Å². The highest BCUT2D eigenvalue weighted by molar-refractivity contribution is 6.00. The molecule has 0 amide bonds. The number of aryl methyl sites for hydroxylation is 4. The summed E-state index contributed by atoms with van der Waals surface area (Å²) in [5.74, 6) is -0.392. The summed E-state index contributed by atoms with van der Waals surface area (Å²) >= 11 is 0. The molecule has 22 heavy (non-hydrogen) atoms. The lowest BCUT2D eigenvalue weighted by Gasteiger charge is -2.07. The molecule has 0 saturated heterocycles. The van der Waals surface area contributed by atoms with Crippen molar-refractivity contribution in [2.75, 3.05) is 6.61 Å². The highest BCUT2D eigenvalue weighted by Crippen LogP contribution is 2.16. The number of esters is 1. The molecule has 0 aliphatic heterocycles. The minimum atomic E-state index is -0.575. The summed E-state index contributed by atoms with van der Waals surface area (Å²) in [4.78, 5) is 24.3. The van der Waals surface area contributed by atoms with E-state index in [0.717, 1.165) is 11.1 Å². The molecule has 0 radical (unpaired) electrons. The van der Waals surface area contributed by atoms with Crippen molar-refractivity contribution in [1.82, 2.24) is 5.16 Å². The van der Waals surface area contributed by atoms with E-state index >= 15 is 0 Å². The molecule has 0 unspecified atom stereocenters. The van der Waals surface area contributed by atoms with E-state index < -0.39 is 5.97 Å². The lowest BCUT2D eigenvalue weighted by molar-refractivity contribution is 0.0472. The highest BCUT2D eigenvalue weighted by Gasteiger charge is 2.22. The standard InChI is InChI=1S/C17H19NO4/c1-5-14-16(12(4)22-18-14)17(20)21-9-15(19)13-8-10(2)6-7-11(13)3/h6-8H,5,9H2,1-4H3. The van der Waals surface area contributed by atoms with Gasteiger partial charge in [0.05, 0.1) is 5.69 Å². The molecule has 0 saturated carbocycles. The Hall–Kier alpha value is -2.43. The molecule has 1 aromatic heterocycles. The van der Waals surface area contributed by atoms with Crippen molar-refractivity contribution in [3.63, 3.8) is 0 Å². The minimum absolute atomic E-state index is 0.221. The molecule has 0 atom stereocenters. The molecule has 2 aromatic rings.